The van der Waals surface area contributed by atoms with Gasteiger partial charge in [0.2, 0.25) is 12.3 Å². The molecule has 1 aliphatic rings. The Morgan fingerprint density at radius 1 is 1.26 bits per heavy atom. The topological polar surface area (TPSA) is 246 Å². The minimum atomic E-state index is -5.00. The first-order chi connectivity index (χ1) is 21.6. The Kier molecular flexibility index (Phi) is 10.4. The molecular weight excluding hydrogens is 644 g/mol. The number of aromatic nitrogens is 3. The van der Waals surface area contributed by atoms with Crippen molar-refractivity contribution in [3.63, 3.8) is 0 Å². The van der Waals surface area contributed by atoms with E-state index in [1.807, 2.05) is 48.4 Å². The van der Waals surface area contributed by atoms with Gasteiger partial charge in [-0.15, -0.1) is 20.3 Å². The number of carboxylic acid groups (broad SMARTS) is 1. The van der Waals surface area contributed by atoms with Crippen LogP contribution < -0.4 is 21.5 Å². The lowest BCUT2D eigenvalue weighted by molar-refractivity contribution is -0.753. The number of carboxylic acids is 1. The zero-order chi connectivity index (χ0) is 33.8. The molecule has 3 aromatic rings. The Labute approximate surface area is 268 Å². The number of nitrogen functional groups attached to an aromatic ring is 1. The fourth-order valence-electron chi connectivity index (χ4n) is 4.70. The number of hydroxylamine groups is 2. The molecule has 46 heavy (non-hydrogen) atoms. The summed E-state index contributed by atoms with van der Waals surface area (Å²) in [4.78, 5) is 47.1. The number of rotatable bonds is 15. The number of aryl methyl sites for hydroxylation is 3. The quantitative estimate of drug-likeness (QED) is 0.0469. The van der Waals surface area contributed by atoms with Crippen LogP contribution in [0.15, 0.2) is 47.2 Å². The molecule has 1 fully saturated rings. The zero-order valence-electron chi connectivity index (χ0n) is 25.2. The van der Waals surface area contributed by atoms with Crippen molar-refractivity contribution in [3.8, 4) is 11.1 Å². The Morgan fingerprint density at radius 3 is 2.52 bits per heavy atom. The van der Waals surface area contributed by atoms with Crippen molar-refractivity contribution in [1.29, 1.82) is 0 Å². The normalized spacial score (nSPS) is 17.0. The summed E-state index contributed by atoms with van der Waals surface area (Å²) in [7, 11) is -3.05. The third-order valence-corrected chi connectivity index (χ3v) is 8.25. The first kappa shape index (κ1) is 34.4. The van der Waals surface area contributed by atoms with Crippen LogP contribution in [-0.4, -0.2) is 80.5 Å². The number of nitrogens with zero attached hydrogens (tertiary/aromatic N) is 5. The van der Waals surface area contributed by atoms with Crippen molar-refractivity contribution in [1.82, 2.24) is 20.0 Å². The van der Waals surface area contributed by atoms with Crippen LogP contribution in [0.1, 0.15) is 37.9 Å². The highest BCUT2D eigenvalue weighted by molar-refractivity contribution is 7.80. The number of anilines is 1. The van der Waals surface area contributed by atoms with E-state index in [0.29, 0.717) is 18.0 Å². The molecule has 2 aromatic heterocycles. The molecule has 248 valence electrons. The molecule has 2 amide bonds. The summed E-state index contributed by atoms with van der Waals surface area (Å²) >= 11 is 0.985. The Morgan fingerprint density at radius 2 is 1.96 bits per heavy atom. The van der Waals surface area contributed by atoms with Crippen LogP contribution in [0.2, 0.25) is 0 Å². The third-order valence-electron chi connectivity index (χ3n) is 7.24. The van der Waals surface area contributed by atoms with E-state index in [0.717, 1.165) is 41.0 Å². The maximum absolute atomic E-state index is 13.2. The van der Waals surface area contributed by atoms with Gasteiger partial charge in [0, 0.05) is 11.8 Å². The number of nitrogens with two attached hydrogens (primary N) is 2. The number of aliphatic carboxylic acids is 1. The molecule has 7 N–H and O–H groups in total. The van der Waals surface area contributed by atoms with E-state index >= 15 is 0 Å². The summed E-state index contributed by atoms with van der Waals surface area (Å²) in [6.07, 6.45) is 3.77. The van der Waals surface area contributed by atoms with Gasteiger partial charge < -0.3 is 26.7 Å². The number of carbonyl (C=O) groups is 3. The van der Waals surface area contributed by atoms with Crippen molar-refractivity contribution in [2.75, 3.05) is 12.3 Å². The van der Waals surface area contributed by atoms with E-state index in [1.165, 1.54) is 19.2 Å². The SMILES string of the molecule is C[n+]1cc(-c2ccc(CCC(O/N=C(\C(=O)N[C@@H]3C(=O)N(OS(=O)(=O)O)C3(C)C)c3csc(N)n3)C(=O)O)cc2)cn1CCCN. The van der Waals surface area contributed by atoms with Gasteiger partial charge in [0.25, 0.3) is 11.8 Å². The van der Waals surface area contributed by atoms with E-state index in [9.17, 15) is 27.9 Å². The zero-order valence-corrected chi connectivity index (χ0v) is 26.8. The minimum Gasteiger partial charge on any atom is -0.478 e. The fraction of sp³-hybridized carbons (Fsp3) is 0.407. The number of hydrogen-bond acceptors (Lipinski definition) is 12. The summed E-state index contributed by atoms with van der Waals surface area (Å²) < 4.78 is 39.5. The molecule has 19 heteroatoms. The predicted octanol–water partition coefficient (Wildman–Crippen LogP) is 0.0138. The van der Waals surface area contributed by atoms with Crippen LogP contribution in [0.3, 0.4) is 0 Å². The molecule has 1 aliphatic heterocycles. The summed E-state index contributed by atoms with van der Waals surface area (Å²) in [5.74, 6) is -3.27. The van der Waals surface area contributed by atoms with Crippen LogP contribution in [0.5, 0.6) is 0 Å². The van der Waals surface area contributed by atoms with E-state index in [4.69, 9.17) is 20.9 Å². The van der Waals surface area contributed by atoms with Crippen molar-refractivity contribution in [3.05, 3.63) is 53.3 Å². The predicted molar refractivity (Wildman–Crippen MR) is 164 cm³/mol. The van der Waals surface area contributed by atoms with Crippen LogP contribution in [0, 0.1) is 0 Å². The molecule has 0 radical (unpaired) electrons. The Hall–Kier alpha value is -4.43. The van der Waals surface area contributed by atoms with Crippen molar-refractivity contribution < 1.29 is 46.3 Å². The monoisotopic (exact) mass is 679 g/mol. The van der Waals surface area contributed by atoms with Crippen LogP contribution in [0.25, 0.3) is 11.1 Å². The second-order valence-corrected chi connectivity index (χ2v) is 12.9. The van der Waals surface area contributed by atoms with Gasteiger partial charge in [0.15, 0.2) is 17.9 Å². The first-order valence-electron chi connectivity index (χ1n) is 14.0. The van der Waals surface area contributed by atoms with E-state index in [-0.39, 0.29) is 17.2 Å². The largest absolute Gasteiger partial charge is 0.478 e. The maximum atomic E-state index is 13.2. The summed E-state index contributed by atoms with van der Waals surface area (Å²) in [6, 6.07) is 6.35. The molecule has 0 saturated carbocycles. The molecule has 3 heterocycles. The number of amides is 2. The molecule has 0 spiro atoms. The van der Waals surface area contributed by atoms with E-state index in [2.05, 4.69) is 24.4 Å². The van der Waals surface area contributed by atoms with Gasteiger partial charge in [-0.25, -0.2) is 9.78 Å². The Bertz CT molecular complexity index is 1740. The second kappa shape index (κ2) is 13.9. The van der Waals surface area contributed by atoms with Crippen LogP contribution in [0.4, 0.5) is 5.13 Å². The molecule has 17 nitrogen and oxygen atoms in total. The Balaban J connectivity index is 1.44. The number of benzene rings is 1. The second-order valence-electron chi connectivity index (χ2n) is 11.0. The summed E-state index contributed by atoms with van der Waals surface area (Å²) in [5.41, 5.74) is 12.3. The highest BCUT2D eigenvalue weighted by Gasteiger charge is 2.58. The number of carbonyl (C=O) groups excluding carboxylic acids is 2. The van der Waals surface area contributed by atoms with E-state index in [1.54, 1.807) is 0 Å². The number of hydrogen-bond donors (Lipinski definition) is 5. The van der Waals surface area contributed by atoms with Gasteiger partial charge in [-0.05, 0) is 44.4 Å². The van der Waals surface area contributed by atoms with Crippen molar-refractivity contribution >= 4 is 50.4 Å². The van der Waals surface area contributed by atoms with E-state index < -0.39 is 51.6 Å². The van der Waals surface area contributed by atoms with Crippen LogP contribution >= 0.6 is 11.3 Å². The average molecular weight is 680 g/mol. The minimum absolute atomic E-state index is 0.00673. The molecule has 4 rings (SSSR count). The van der Waals surface area contributed by atoms with Crippen molar-refractivity contribution in [2.24, 2.45) is 17.9 Å². The van der Waals surface area contributed by atoms with Gasteiger partial charge in [-0.1, -0.05) is 29.4 Å². The third kappa shape index (κ3) is 8.04. The number of thiazole rings is 1. The van der Waals surface area contributed by atoms with Gasteiger partial charge in [-0.2, -0.15) is 18.2 Å². The highest BCUT2D eigenvalue weighted by atomic mass is 32.3. The van der Waals surface area contributed by atoms with Gasteiger partial charge in [0.05, 0.1) is 23.8 Å². The molecule has 0 bridgehead atoms. The van der Waals surface area contributed by atoms with Crippen molar-refractivity contribution in [2.45, 2.75) is 57.3 Å². The van der Waals surface area contributed by atoms with Gasteiger partial charge >= 0.3 is 16.4 Å². The maximum Gasteiger partial charge on any atom is 0.418 e. The lowest BCUT2D eigenvalue weighted by Crippen LogP contribution is -2.76. The first-order valence-corrected chi connectivity index (χ1v) is 16.2. The smallest absolute Gasteiger partial charge is 0.418 e. The summed E-state index contributed by atoms with van der Waals surface area (Å²) in [5, 5.41) is 17.9. The molecule has 1 aromatic carbocycles. The van der Waals surface area contributed by atoms with Gasteiger partial charge in [0.1, 0.15) is 11.7 Å². The fourth-order valence-corrected chi connectivity index (χ4v) is 5.71. The number of nitrogens with one attached hydrogen (secondary N) is 1. The standard InChI is InChI=1S/C27H34N8O9S2/c1-27(2)22(24(37)35(27)44-46(40,41)42)31-23(36)21(19-15-45-26(29)30-19)32-43-20(25(38)39)10-7-16-5-8-17(9-6-16)18-13-33(3)34(14-18)12-4-11-28/h5-6,8-9,13-15,20,22H,4,7,10-12,28H2,1-3H3,(H4-,29,30,31,36,38,39,40,41,42)/p+1/b32-21-/t20?,22-/m1/s1. The highest BCUT2D eigenvalue weighted by Crippen LogP contribution is 2.33. The molecular formula is C27H35N8O9S2+. The van der Waals surface area contributed by atoms with Gasteiger partial charge in [-0.3, -0.25) is 14.1 Å². The molecule has 0 aliphatic carbocycles. The summed E-state index contributed by atoms with van der Waals surface area (Å²) in [6.45, 7) is 4.15. The van der Waals surface area contributed by atoms with Crippen LogP contribution in [-0.2, 0) is 53.9 Å². The number of oxime groups is 1. The number of β-lactam (4-membered cyclic amide) rings is 1. The lowest BCUT2D eigenvalue weighted by Gasteiger charge is -2.50. The average Bonchev–Trinajstić information content (AvgIpc) is 3.59. The molecule has 1 saturated heterocycles. The molecule has 2 atom stereocenters. The molecule has 1 unspecified atom stereocenters. The lowest BCUT2D eigenvalue weighted by atomic mass is 9.84.